The number of rotatable bonds is 67. The lowest BCUT2D eigenvalue weighted by atomic mass is 9.95. The molecule has 109 heavy (non-hydrogen) atoms. The minimum Gasteiger partial charge on any atom is -0.462 e. The summed E-state index contributed by atoms with van der Waals surface area (Å²) in [7, 11) is 0. The molecule has 0 fully saturated rings. The zero-order valence-corrected chi connectivity index (χ0v) is 68.2. The first-order chi connectivity index (χ1) is 52.7. The van der Waals surface area contributed by atoms with Crippen molar-refractivity contribution in [3.63, 3.8) is 0 Å². The summed E-state index contributed by atoms with van der Waals surface area (Å²) in [5.41, 5.74) is 0. The first-order valence-corrected chi connectivity index (χ1v) is 40.9. The smallest absolute Gasteiger partial charge is 0.330 e. The fourth-order valence-electron chi connectivity index (χ4n) is 12.1. The molecule has 0 saturated carbocycles. The van der Waals surface area contributed by atoms with Crippen molar-refractivity contribution >= 4 is 65.7 Å². The lowest BCUT2D eigenvalue weighted by Crippen LogP contribution is -2.43. The number of carbonyl (C=O) groups is 11. The van der Waals surface area contributed by atoms with E-state index in [2.05, 4.69) is 13.8 Å². The van der Waals surface area contributed by atoms with E-state index in [0.29, 0.717) is 109 Å². The van der Waals surface area contributed by atoms with Crippen molar-refractivity contribution in [2.45, 2.75) is 375 Å². The molecule has 0 spiro atoms. The molecule has 9 atom stereocenters. The van der Waals surface area contributed by atoms with Crippen LogP contribution in [0.4, 0.5) is 0 Å². The Balaban J connectivity index is 6.31. The maximum absolute atomic E-state index is 13.5. The summed E-state index contributed by atoms with van der Waals surface area (Å²) in [5.74, 6) is -6.36. The van der Waals surface area contributed by atoms with E-state index in [0.717, 1.165) is 103 Å². The molecule has 0 aliphatic carbocycles. The fraction of sp³-hybridized carbons (Fsp3) is 0.690. The summed E-state index contributed by atoms with van der Waals surface area (Å²) in [6, 6.07) is 0. The van der Waals surface area contributed by atoms with Crippen LogP contribution in [0.2, 0.25) is 0 Å². The normalized spacial score (nSPS) is 14.3. The molecule has 0 aromatic carbocycles. The summed E-state index contributed by atoms with van der Waals surface area (Å²) in [6.07, 6.45) is 39.7. The van der Waals surface area contributed by atoms with Crippen LogP contribution in [0, 0.1) is 0 Å². The standard InChI is InChI=1S/C87H138O22/c1-12-23-26-28-32-41-58-71(104-81(92)50-17-6)72(105-82(93)51-18-7)60-42-33-29-36-45-62-77(88)99-66-68(101-87(98)64-47-38-31-34-43-59-70(103-80(91)49-16-5)69(57-40-27-24-13-2)102-79(90)48-15-4)67-100-78(89)63-46-37-30-35-44-61-74(107-84(95)53-20-9)76(109-86(97)55-22-11)65-75(108-85(96)54-21-10)73(56-39-25-14-3)106-83(94)52-19-8/h15-22,48-55,68-76H,12-14,23-47,56-67H2,1-11H3/b48-15+,49-16+,50-17+,51-18+,52-19+,53-20+,54-21+,55-22+. The molecule has 0 heterocycles. The Kier molecular flexibility index (Phi) is 64.3. The highest BCUT2D eigenvalue weighted by atomic mass is 16.6. The Morgan fingerprint density at radius 2 is 0.404 bits per heavy atom. The minimum absolute atomic E-state index is 0.0319. The zero-order valence-electron chi connectivity index (χ0n) is 68.2. The molecule has 0 N–H and O–H groups in total. The van der Waals surface area contributed by atoms with Crippen molar-refractivity contribution in [2.75, 3.05) is 13.2 Å². The van der Waals surface area contributed by atoms with Crippen molar-refractivity contribution in [2.24, 2.45) is 0 Å². The van der Waals surface area contributed by atoms with Gasteiger partial charge in [-0.1, -0.05) is 191 Å². The Bertz CT molecular complexity index is 2770. The van der Waals surface area contributed by atoms with Crippen LogP contribution in [0.3, 0.4) is 0 Å². The van der Waals surface area contributed by atoms with Gasteiger partial charge >= 0.3 is 65.7 Å². The molecule has 22 nitrogen and oxygen atoms in total. The van der Waals surface area contributed by atoms with Gasteiger partial charge in [0.05, 0.1) is 0 Å². The predicted molar refractivity (Wildman–Crippen MR) is 422 cm³/mol. The molecule has 0 saturated heterocycles. The molecule has 0 amide bonds. The molecule has 0 aromatic rings. The van der Waals surface area contributed by atoms with Gasteiger partial charge in [-0.15, -0.1) is 0 Å². The van der Waals surface area contributed by atoms with Gasteiger partial charge in [-0.05, 0) is 152 Å². The largest absolute Gasteiger partial charge is 0.462 e. The minimum atomic E-state index is -1.14. The van der Waals surface area contributed by atoms with Gasteiger partial charge < -0.3 is 52.1 Å². The van der Waals surface area contributed by atoms with E-state index in [-0.39, 0.29) is 45.3 Å². The zero-order chi connectivity index (χ0) is 80.9. The van der Waals surface area contributed by atoms with Gasteiger partial charge in [-0.2, -0.15) is 0 Å². The molecule has 0 bridgehead atoms. The molecule has 0 aliphatic rings. The molecule has 0 radical (unpaired) electrons. The molecule has 22 heteroatoms. The van der Waals surface area contributed by atoms with Crippen LogP contribution in [-0.4, -0.2) is 134 Å². The monoisotopic (exact) mass is 1530 g/mol. The Morgan fingerprint density at radius 1 is 0.220 bits per heavy atom. The van der Waals surface area contributed by atoms with Crippen LogP contribution in [0.1, 0.15) is 320 Å². The van der Waals surface area contributed by atoms with Crippen molar-refractivity contribution in [3.8, 4) is 0 Å². The molecular formula is C87H138O22. The van der Waals surface area contributed by atoms with Crippen molar-refractivity contribution in [3.05, 3.63) is 97.2 Å². The number of carbonyl (C=O) groups excluding carboxylic acids is 11. The number of ether oxygens (including phenoxy) is 11. The summed E-state index contributed by atoms with van der Waals surface area (Å²) in [4.78, 5) is 143. The lowest BCUT2D eigenvalue weighted by Gasteiger charge is -2.32. The number of hydrogen-bond donors (Lipinski definition) is 0. The van der Waals surface area contributed by atoms with Gasteiger partial charge in [0.1, 0.15) is 62.0 Å². The Morgan fingerprint density at radius 3 is 0.651 bits per heavy atom. The molecule has 0 aromatic heterocycles. The molecule has 0 aliphatic heterocycles. The third-order valence-corrected chi connectivity index (χ3v) is 17.7. The maximum atomic E-state index is 13.5. The maximum Gasteiger partial charge on any atom is 0.330 e. The molecule has 9 unspecified atom stereocenters. The van der Waals surface area contributed by atoms with Gasteiger partial charge in [0.2, 0.25) is 0 Å². The van der Waals surface area contributed by atoms with Crippen LogP contribution in [0.15, 0.2) is 97.2 Å². The average Bonchev–Trinajstić information content (AvgIpc) is 0.859. The summed E-state index contributed by atoms with van der Waals surface area (Å²) in [5, 5.41) is 0. The second-order valence-electron chi connectivity index (χ2n) is 27.3. The van der Waals surface area contributed by atoms with Crippen molar-refractivity contribution < 1.29 is 105 Å². The van der Waals surface area contributed by atoms with E-state index in [1.807, 2.05) is 6.92 Å². The molecule has 0 rings (SSSR count). The van der Waals surface area contributed by atoms with Gasteiger partial charge in [-0.3, -0.25) is 14.4 Å². The topological polar surface area (TPSA) is 289 Å². The number of allylic oxidation sites excluding steroid dienone is 8. The number of hydrogen-bond acceptors (Lipinski definition) is 22. The quantitative estimate of drug-likeness (QED) is 0.0236. The summed E-state index contributed by atoms with van der Waals surface area (Å²) >= 11 is 0. The van der Waals surface area contributed by atoms with Gasteiger partial charge in [-0.25, -0.2) is 38.4 Å². The highest BCUT2D eigenvalue weighted by molar-refractivity contribution is 5.85. The second-order valence-corrected chi connectivity index (χ2v) is 27.3. The molecule has 618 valence electrons. The number of unbranched alkanes of at least 4 members (excludes halogenated alkanes) is 22. The van der Waals surface area contributed by atoms with E-state index in [4.69, 9.17) is 52.1 Å². The second kappa shape index (κ2) is 69.3. The number of esters is 11. The predicted octanol–water partition coefficient (Wildman–Crippen LogP) is 18.8. The van der Waals surface area contributed by atoms with E-state index in [9.17, 15) is 52.7 Å². The van der Waals surface area contributed by atoms with Gasteiger partial charge in [0.15, 0.2) is 6.10 Å². The first-order valence-electron chi connectivity index (χ1n) is 40.9. The SMILES string of the molecule is C/C=C/C(=O)OC(CCCCCC)C(CCCCCCCC(=O)OC(COC(=O)CCCCCCCC(OC(=O)/C=C/C)C(CCCCCCCC)OC(=O)/C=C/C)COC(=O)CCCCCCCC(OC(=O)/C=C/C)C(CC(OC(=O)/C=C/C)C(CCCCC)OC(=O)/C=C/C)OC(=O)/C=C/C)OC(=O)/C=C/C. The van der Waals surface area contributed by atoms with Gasteiger partial charge in [0.25, 0.3) is 0 Å². The van der Waals surface area contributed by atoms with Gasteiger partial charge in [0, 0.05) is 74.3 Å². The fourth-order valence-corrected chi connectivity index (χ4v) is 12.1. The third kappa shape index (κ3) is 56.0. The van der Waals surface area contributed by atoms with Crippen molar-refractivity contribution in [1.29, 1.82) is 0 Å². The summed E-state index contributed by atoms with van der Waals surface area (Å²) < 4.78 is 64.2. The average molecular weight is 1540 g/mol. The van der Waals surface area contributed by atoms with Crippen LogP contribution < -0.4 is 0 Å². The van der Waals surface area contributed by atoms with Crippen LogP contribution >= 0.6 is 0 Å². The van der Waals surface area contributed by atoms with E-state index < -0.39 is 121 Å². The molecular weight excluding hydrogens is 1400 g/mol. The Hall–Kier alpha value is -7.91. The third-order valence-electron chi connectivity index (χ3n) is 17.7. The highest BCUT2D eigenvalue weighted by Gasteiger charge is 2.37. The highest BCUT2D eigenvalue weighted by Crippen LogP contribution is 2.28. The van der Waals surface area contributed by atoms with E-state index in [1.165, 1.54) is 72.9 Å². The lowest BCUT2D eigenvalue weighted by molar-refractivity contribution is -0.175. The van der Waals surface area contributed by atoms with Crippen LogP contribution in [0.25, 0.3) is 0 Å². The first kappa shape index (κ1) is 101. The van der Waals surface area contributed by atoms with Crippen LogP contribution in [0.5, 0.6) is 0 Å². The van der Waals surface area contributed by atoms with E-state index >= 15 is 0 Å². The summed E-state index contributed by atoms with van der Waals surface area (Å²) in [6.45, 7) is 19.1. The Labute approximate surface area is 653 Å². The van der Waals surface area contributed by atoms with Crippen LogP contribution in [-0.2, 0) is 105 Å². The van der Waals surface area contributed by atoms with E-state index in [1.54, 1.807) is 79.7 Å². The van der Waals surface area contributed by atoms with Crippen molar-refractivity contribution in [1.82, 2.24) is 0 Å².